The van der Waals surface area contributed by atoms with Gasteiger partial charge in [0, 0.05) is 24.8 Å². The number of likely N-dealkylation sites (tertiary alicyclic amines) is 1. The molecule has 0 aliphatic carbocycles. The third-order valence-corrected chi connectivity index (χ3v) is 4.14. The number of hydrogen-bond acceptors (Lipinski definition) is 6. The van der Waals surface area contributed by atoms with Crippen molar-refractivity contribution in [2.75, 3.05) is 45.7 Å². The van der Waals surface area contributed by atoms with Crippen LogP contribution in [0.3, 0.4) is 0 Å². The van der Waals surface area contributed by atoms with E-state index >= 15 is 0 Å². The minimum absolute atomic E-state index is 0.324. The molecule has 7 nitrogen and oxygen atoms in total. The normalized spacial score (nSPS) is 19.4. The Morgan fingerprint density at radius 1 is 1.54 bits per heavy atom. The quantitative estimate of drug-likeness (QED) is 0.601. The molecule has 1 saturated heterocycles. The maximum atomic E-state index is 11.4. The van der Waals surface area contributed by atoms with Crippen molar-refractivity contribution in [3.05, 3.63) is 24.3 Å². The number of nitrogens with two attached hydrogens (primary N) is 1. The molecule has 1 heterocycles. The van der Waals surface area contributed by atoms with Gasteiger partial charge in [-0.05, 0) is 39.1 Å². The van der Waals surface area contributed by atoms with Crippen LogP contribution in [0.15, 0.2) is 24.3 Å². The van der Waals surface area contributed by atoms with Gasteiger partial charge in [0.1, 0.15) is 18.6 Å². The lowest BCUT2D eigenvalue weighted by atomic mass is 10.2. The van der Waals surface area contributed by atoms with Gasteiger partial charge >= 0.3 is 0 Å². The fraction of sp³-hybridized carbons (Fsp3) is 0.588. The van der Waals surface area contributed by atoms with Crippen molar-refractivity contribution in [2.45, 2.75) is 25.1 Å². The van der Waals surface area contributed by atoms with Gasteiger partial charge in [-0.1, -0.05) is 6.07 Å². The van der Waals surface area contributed by atoms with E-state index in [1.807, 2.05) is 38.4 Å². The minimum Gasteiger partial charge on any atom is -0.492 e. The van der Waals surface area contributed by atoms with Gasteiger partial charge < -0.3 is 25.8 Å². The largest absolute Gasteiger partial charge is 0.492 e. The number of primary amides is 1. The minimum atomic E-state index is -0.747. The summed E-state index contributed by atoms with van der Waals surface area (Å²) in [6, 6.07) is 7.25. The van der Waals surface area contributed by atoms with Crippen molar-refractivity contribution in [3.63, 3.8) is 0 Å². The summed E-state index contributed by atoms with van der Waals surface area (Å²) in [6.07, 6.45) is 0.838. The van der Waals surface area contributed by atoms with Crippen LogP contribution in [0.4, 0.5) is 5.69 Å². The van der Waals surface area contributed by atoms with Crippen LogP contribution in [0.5, 0.6) is 5.75 Å². The zero-order valence-corrected chi connectivity index (χ0v) is 14.4. The van der Waals surface area contributed by atoms with Crippen LogP contribution in [0, 0.1) is 0 Å². The number of rotatable bonds is 9. The van der Waals surface area contributed by atoms with Gasteiger partial charge in [0.15, 0.2) is 0 Å². The van der Waals surface area contributed by atoms with Crippen LogP contribution >= 0.6 is 0 Å². The van der Waals surface area contributed by atoms with Crippen molar-refractivity contribution in [2.24, 2.45) is 5.73 Å². The molecule has 0 aromatic heterocycles. The third kappa shape index (κ3) is 5.36. The summed E-state index contributed by atoms with van der Waals surface area (Å²) in [7, 11) is 4.00. The molecule has 4 N–H and O–H groups in total. The van der Waals surface area contributed by atoms with Gasteiger partial charge in [0.25, 0.3) is 0 Å². The Bertz CT molecular complexity index is 538. The SMILES string of the molecule is CN(C)CCOc1cccc(NCC(O)N2CCCC2C(N)=O)c1. The molecule has 7 heteroatoms. The molecule has 1 aliphatic heterocycles. The Labute approximate surface area is 143 Å². The van der Waals surface area contributed by atoms with Gasteiger partial charge in [0.2, 0.25) is 5.91 Å². The summed E-state index contributed by atoms with van der Waals surface area (Å²) in [5.74, 6) is 0.412. The molecule has 1 fully saturated rings. The molecule has 134 valence electrons. The van der Waals surface area contributed by atoms with E-state index in [-0.39, 0.29) is 11.9 Å². The monoisotopic (exact) mass is 336 g/mol. The fourth-order valence-corrected chi connectivity index (χ4v) is 2.82. The predicted octanol–water partition coefficient (Wildman–Crippen LogP) is 0.307. The van der Waals surface area contributed by atoms with E-state index in [0.29, 0.717) is 26.1 Å². The molecule has 0 spiro atoms. The standard InChI is InChI=1S/C17H28N4O3/c1-20(2)9-10-24-14-6-3-5-13(11-14)19-12-16(22)21-8-4-7-15(21)17(18)23/h3,5-6,11,15-16,19,22H,4,7-10,12H2,1-2H3,(H2,18,23). The summed E-state index contributed by atoms with van der Waals surface area (Å²) in [5.41, 5.74) is 6.26. The highest BCUT2D eigenvalue weighted by Gasteiger charge is 2.33. The van der Waals surface area contributed by atoms with Gasteiger partial charge in [-0.3, -0.25) is 9.69 Å². The van der Waals surface area contributed by atoms with E-state index in [1.54, 1.807) is 4.90 Å². The Balaban J connectivity index is 1.84. The van der Waals surface area contributed by atoms with Crippen LogP contribution in [0.2, 0.25) is 0 Å². The van der Waals surface area contributed by atoms with Gasteiger partial charge in [-0.15, -0.1) is 0 Å². The molecule has 24 heavy (non-hydrogen) atoms. The lowest BCUT2D eigenvalue weighted by Gasteiger charge is -2.27. The highest BCUT2D eigenvalue weighted by molar-refractivity contribution is 5.80. The maximum Gasteiger partial charge on any atom is 0.234 e. The van der Waals surface area contributed by atoms with E-state index in [1.165, 1.54) is 0 Å². The van der Waals surface area contributed by atoms with E-state index in [4.69, 9.17) is 10.5 Å². The second kappa shape index (κ2) is 8.86. The van der Waals surface area contributed by atoms with Crippen molar-refractivity contribution < 1.29 is 14.6 Å². The first kappa shape index (κ1) is 18.5. The maximum absolute atomic E-state index is 11.4. The van der Waals surface area contributed by atoms with Gasteiger partial charge in [0.05, 0.1) is 12.6 Å². The van der Waals surface area contributed by atoms with E-state index in [0.717, 1.165) is 24.4 Å². The molecule has 1 aromatic carbocycles. The summed E-state index contributed by atoms with van der Waals surface area (Å²) in [4.78, 5) is 15.2. The number of ether oxygens (including phenoxy) is 1. The number of aliphatic hydroxyl groups is 1. The highest BCUT2D eigenvalue weighted by Crippen LogP contribution is 2.20. The van der Waals surface area contributed by atoms with Crippen molar-refractivity contribution in [3.8, 4) is 5.75 Å². The lowest BCUT2D eigenvalue weighted by Crippen LogP contribution is -2.48. The first-order valence-electron chi connectivity index (χ1n) is 8.32. The smallest absolute Gasteiger partial charge is 0.234 e. The molecule has 1 aromatic rings. The number of benzene rings is 1. The molecular formula is C17H28N4O3. The Morgan fingerprint density at radius 3 is 3.04 bits per heavy atom. The lowest BCUT2D eigenvalue weighted by molar-refractivity contribution is -0.125. The first-order valence-corrected chi connectivity index (χ1v) is 8.32. The molecule has 0 saturated carbocycles. The second-order valence-corrected chi connectivity index (χ2v) is 6.34. The van der Waals surface area contributed by atoms with E-state index in [2.05, 4.69) is 10.2 Å². The zero-order valence-electron chi connectivity index (χ0n) is 14.4. The van der Waals surface area contributed by atoms with Crippen LogP contribution < -0.4 is 15.8 Å². The van der Waals surface area contributed by atoms with Crippen molar-refractivity contribution in [1.29, 1.82) is 0 Å². The number of carbonyl (C=O) groups is 1. The predicted molar refractivity (Wildman–Crippen MR) is 93.9 cm³/mol. The molecule has 2 rings (SSSR count). The number of aliphatic hydroxyl groups excluding tert-OH is 1. The number of carbonyl (C=O) groups excluding carboxylic acids is 1. The van der Waals surface area contributed by atoms with Gasteiger partial charge in [-0.25, -0.2) is 0 Å². The Kier molecular flexibility index (Phi) is 6.84. The van der Waals surface area contributed by atoms with Crippen LogP contribution in [0.25, 0.3) is 0 Å². The van der Waals surface area contributed by atoms with Crippen LogP contribution in [-0.2, 0) is 4.79 Å². The van der Waals surface area contributed by atoms with Crippen LogP contribution in [0.1, 0.15) is 12.8 Å². The Hall–Kier alpha value is -1.83. The number of nitrogens with zero attached hydrogens (tertiary/aromatic N) is 2. The molecule has 2 unspecified atom stereocenters. The second-order valence-electron chi connectivity index (χ2n) is 6.34. The molecule has 0 bridgehead atoms. The number of hydrogen-bond donors (Lipinski definition) is 3. The molecular weight excluding hydrogens is 308 g/mol. The number of nitrogens with one attached hydrogen (secondary N) is 1. The zero-order chi connectivity index (χ0) is 17.5. The summed E-state index contributed by atoms with van der Waals surface area (Å²) >= 11 is 0. The Morgan fingerprint density at radius 2 is 2.33 bits per heavy atom. The first-order chi connectivity index (χ1) is 11.5. The number of anilines is 1. The van der Waals surface area contributed by atoms with Crippen molar-refractivity contribution in [1.82, 2.24) is 9.80 Å². The van der Waals surface area contributed by atoms with Crippen molar-refractivity contribution >= 4 is 11.6 Å². The number of amides is 1. The molecule has 1 amide bonds. The average Bonchev–Trinajstić information content (AvgIpc) is 3.02. The fourth-order valence-electron chi connectivity index (χ4n) is 2.82. The topological polar surface area (TPSA) is 91.1 Å². The molecule has 1 aliphatic rings. The van der Waals surface area contributed by atoms with Gasteiger partial charge in [-0.2, -0.15) is 0 Å². The molecule has 0 radical (unpaired) electrons. The highest BCUT2D eigenvalue weighted by atomic mass is 16.5. The number of likely N-dealkylation sites (N-methyl/N-ethyl adjacent to an activating group) is 1. The summed E-state index contributed by atoms with van der Waals surface area (Å²) in [5, 5.41) is 13.5. The van der Waals surface area contributed by atoms with Crippen LogP contribution in [-0.4, -0.2) is 73.4 Å². The third-order valence-electron chi connectivity index (χ3n) is 4.14. The summed E-state index contributed by atoms with van der Waals surface area (Å²) in [6.45, 7) is 2.47. The summed E-state index contributed by atoms with van der Waals surface area (Å²) < 4.78 is 5.70. The molecule has 2 atom stereocenters. The average molecular weight is 336 g/mol. The van der Waals surface area contributed by atoms with E-state index in [9.17, 15) is 9.90 Å². The van der Waals surface area contributed by atoms with E-state index < -0.39 is 6.23 Å².